The number of hydrogen-bond acceptors (Lipinski definition) is 4. The third-order valence-electron chi connectivity index (χ3n) is 3.59. The van der Waals surface area contributed by atoms with Crippen LogP contribution >= 0.6 is 23.4 Å². The fourth-order valence-electron chi connectivity index (χ4n) is 2.53. The molecule has 0 spiro atoms. The third-order valence-corrected chi connectivity index (χ3v) is 4.85. The standard InChI is InChI=1S/C16H18ClN3S/c1-2-14-13-7-8-18-9-15(13)20-16(19-14)10-21-12-5-3-11(17)4-6-12/h3-6,18H,2,7-10H2,1H3. The summed E-state index contributed by atoms with van der Waals surface area (Å²) < 4.78 is 0. The van der Waals surface area contributed by atoms with Crippen LogP contribution in [0.5, 0.6) is 0 Å². The second-order valence-electron chi connectivity index (χ2n) is 5.03. The molecule has 21 heavy (non-hydrogen) atoms. The van der Waals surface area contributed by atoms with E-state index >= 15 is 0 Å². The molecule has 0 bridgehead atoms. The summed E-state index contributed by atoms with van der Waals surface area (Å²) in [5.74, 6) is 1.72. The Hall–Kier alpha value is -1.10. The van der Waals surface area contributed by atoms with Crippen LogP contribution in [0.4, 0.5) is 0 Å². The highest BCUT2D eigenvalue weighted by molar-refractivity contribution is 7.98. The monoisotopic (exact) mass is 319 g/mol. The van der Waals surface area contributed by atoms with Crippen molar-refractivity contribution in [2.24, 2.45) is 0 Å². The summed E-state index contributed by atoms with van der Waals surface area (Å²) >= 11 is 7.65. The second kappa shape index (κ2) is 6.77. The van der Waals surface area contributed by atoms with E-state index in [1.165, 1.54) is 21.8 Å². The van der Waals surface area contributed by atoms with Gasteiger partial charge in [0.1, 0.15) is 5.82 Å². The van der Waals surface area contributed by atoms with Gasteiger partial charge in [0.2, 0.25) is 0 Å². The lowest BCUT2D eigenvalue weighted by molar-refractivity contribution is 0.611. The Morgan fingerprint density at radius 1 is 1.24 bits per heavy atom. The average molecular weight is 320 g/mol. The van der Waals surface area contributed by atoms with Gasteiger partial charge < -0.3 is 5.32 Å². The van der Waals surface area contributed by atoms with Crippen LogP contribution in [0.3, 0.4) is 0 Å². The van der Waals surface area contributed by atoms with E-state index in [0.717, 1.165) is 42.5 Å². The molecule has 1 aliphatic heterocycles. The van der Waals surface area contributed by atoms with Crippen LogP contribution in [-0.4, -0.2) is 16.5 Å². The maximum Gasteiger partial charge on any atom is 0.139 e. The molecule has 0 saturated carbocycles. The number of thioether (sulfide) groups is 1. The first kappa shape index (κ1) is 14.8. The van der Waals surface area contributed by atoms with E-state index < -0.39 is 0 Å². The van der Waals surface area contributed by atoms with Crippen molar-refractivity contribution in [3.8, 4) is 0 Å². The van der Waals surface area contributed by atoms with Crippen LogP contribution in [0.2, 0.25) is 5.02 Å². The Balaban J connectivity index is 1.77. The minimum atomic E-state index is 0.767. The van der Waals surface area contributed by atoms with E-state index in [0.29, 0.717) is 0 Å². The number of nitrogens with one attached hydrogen (secondary N) is 1. The van der Waals surface area contributed by atoms with Crippen molar-refractivity contribution in [2.45, 2.75) is 37.0 Å². The third kappa shape index (κ3) is 3.57. The van der Waals surface area contributed by atoms with Crippen molar-refractivity contribution in [3.63, 3.8) is 0 Å². The number of nitrogens with zero attached hydrogens (tertiary/aromatic N) is 2. The van der Waals surface area contributed by atoms with Crippen molar-refractivity contribution in [2.75, 3.05) is 6.54 Å². The van der Waals surface area contributed by atoms with Crippen molar-refractivity contribution in [1.29, 1.82) is 0 Å². The Labute approximate surface area is 134 Å². The van der Waals surface area contributed by atoms with Gasteiger partial charge in [-0.2, -0.15) is 0 Å². The highest BCUT2D eigenvalue weighted by Crippen LogP contribution is 2.24. The van der Waals surface area contributed by atoms with Crippen LogP contribution in [0, 0.1) is 0 Å². The zero-order chi connectivity index (χ0) is 14.7. The molecular weight excluding hydrogens is 302 g/mol. The van der Waals surface area contributed by atoms with Gasteiger partial charge in [-0.05, 0) is 49.2 Å². The number of fused-ring (bicyclic) bond motifs is 1. The van der Waals surface area contributed by atoms with Gasteiger partial charge in [0, 0.05) is 22.2 Å². The second-order valence-corrected chi connectivity index (χ2v) is 6.52. The molecule has 5 heteroatoms. The molecule has 3 nitrogen and oxygen atoms in total. The molecule has 2 aromatic rings. The molecule has 0 saturated heterocycles. The highest BCUT2D eigenvalue weighted by atomic mass is 35.5. The minimum Gasteiger partial charge on any atom is -0.311 e. The smallest absolute Gasteiger partial charge is 0.139 e. The van der Waals surface area contributed by atoms with E-state index in [-0.39, 0.29) is 0 Å². The summed E-state index contributed by atoms with van der Waals surface area (Å²) in [5, 5.41) is 4.16. The predicted molar refractivity (Wildman–Crippen MR) is 87.8 cm³/mol. The average Bonchev–Trinajstić information content (AvgIpc) is 2.53. The van der Waals surface area contributed by atoms with E-state index in [1.807, 2.05) is 24.3 Å². The number of aromatic nitrogens is 2. The number of rotatable bonds is 4. The van der Waals surface area contributed by atoms with E-state index in [1.54, 1.807) is 11.8 Å². The summed E-state index contributed by atoms with van der Waals surface area (Å²) in [7, 11) is 0. The fourth-order valence-corrected chi connectivity index (χ4v) is 3.41. The minimum absolute atomic E-state index is 0.767. The molecule has 0 radical (unpaired) electrons. The molecule has 1 aromatic carbocycles. The van der Waals surface area contributed by atoms with Gasteiger partial charge in [0.05, 0.1) is 11.4 Å². The first-order chi connectivity index (χ1) is 10.3. The Kier molecular flexibility index (Phi) is 4.78. The van der Waals surface area contributed by atoms with Crippen LogP contribution < -0.4 is 5.32 Å². The molecule has 1 aliphatic rings. The first-order valence-electron chi connectivity index (χ1n) is 7.23. The number of aryl methyl sites for hydroxylation is 1. The van der Waals surface area contributed by atoms with Gasteiger partial charge in [-0.15, -0.1) is 11.8 Å². The summed E-state index contributed by atoms with van der Waals surface area (Å²) in [5.41, 5.74) is 3.75. The lowest BCUT2D eigenvalue weighted by Gasteiger charge is -2.19. The Bertz CT molecular complexity index is 611. The summed E-state index contributed by atoms with van der Waals surface area (Å²) in [6.07, 6.45) is 2.02. The van der Waals surface area contributed by atoms with E-state index in [2.05, 4.69) is 12.2 Å². The molecule has 1 aromatic heterocycles. The van der Waals surface area contributed by atoms with Gasteiger partial charge in [0.15, 0.2) is 0 Å². The van der Waals surface area contributed by atoms with Crippen LogP contribution in [0.25, 0.3) is 0 Å². The molecule has 110 valence electrons. The highest BCUT2D eigenvalue weighted by Gasteiger charge is 2.16. The lowest BCUT2D eigenvalue weighted by atomic mass is 10.0. The summed E-state index contributed by atoms with van der Waals surface area (Å²) in [4.78, 5) is 10.7. The van der Waals surface area contributed by atoms with Gasteiger partial charge in [0.25, 0.3) is 0 Å². The summed E-state index contributed by atoms with van der Waals surface area (Å²) in [6.45, 7) is 4.06. The molecule has 0 aliphatic carbocycles. The van der Waals surface area contributed by atoms with Gasteiger partial charge >= 0.3 is 0 Å². The number of hydrogen-bond donors (Lipinski definition) is 1. The maximum absolute atomic E-state index is 5.91. The molecule has 0 atom stereocenters. The molecule has 2 heterocycles. The molecule has 3 rings (SSSR count). The van der Waals surface area contributed by atoms with Crippen molar-refractivity contribution in [1.82, 2.24) is 15.3 Å². The normalized spacial score (nSPS) is 14.0. The quantitative estimate of drug-likeness (QED) is 0.873. The zero-order valence-corrected chi connectivity index (χ0v) is 13.6. The molecule has 0 fully saturated rings. The SMILES string of the molecule is CCc1nc(CSc2ccc(Cl)cc2)nc2c1CCNC2. The Morgan fingerprint density at radius 3 is 2.81 bits per heavy atom. The molecular formula is C16H18ClN3S. The van der Waals surface area contributed by atoms with Crippen molar-refractivity contribution in [3.05, 3.63) is 52.1 Å². The fraction of sp³-hybridized carbons (Fsp3) is 0.375. The molecule has 0 amide bonds. The maximum atomic E-state index is 5.91. The van der Waals surface area contributed by atoms with Gasteiger partial charge in [-0.25, -0.2) is 9.97 Å². The van der Waals surface area contributed by atoms with Crippen LogP contribution in [0.1, 0.15) is 29.7 Å². The predicted octanol–water partition coefficient (Wildman–Crippen LogP) is 3.63. The number of halogens is 1. The van der Waals surface area contributed by atoms with Gasteiger partial charge in [-0.1, -0.05) is 18.5 Å². The largest absolute Gasteiger partial charge is 0.311 e. The molecule has 0 unspecified atom stereocenters. The Morgan fingerprint density at radius 2 is 2.05 bits per heavy atom. The van der Waals surface area contributed by atoms with E-state index in [9.17, 15) is 0 Å². The first-order valence-corrected chi connectivity index (χ1v) is 8.59. The van der Waals surface area contributed by atoms with Crippen LogP contribution in [0.15, 0.2) is 29.2 Å². The van der Waals surface area contributed by atoms with Crippen molar-refractivity contribution < 1.29 is 0 Å². The van der Waals surface area contributed by atoms with Crippen LogP contribution in [-0.2, 0) is 25.1 Å². The molecule has 1 N–H and O–H groups in total. The lowest BCUT2D eigenvalue weighted by Crippen LogP contribution is -2.27. The number of benzene rings is 1. The van der Waals surface area contributed by atoms with Crippen molar-refractivity contribution >= 4 is 23.4 Å². The summed E-state index contributed by atoms with van der Waals surface area (Å²) in [6, 6.07) is 7.90. The van der Waals surface area contributed by atoms with Gasteiger partial charge in [-0.3, -0.25) is 0 Å². The van der Waals surface area contributed by atoms with E-state index in [4.69, 9.17) is 21.6 Å². The topological polar surface area (TPSA) is 37.8 Å². The zero-order valence-electron chi connectivity index (χ0n) is 12.0.